The van der Waals surface area contributed by atoms with E-state index < -0.39 is 67.2 Å². The number of aromatic nitrogens is 4. The molecule has 250 valence electrons. The number of tetrazole rings is 1. The van der Waals surface area contributed by atoms with Gasteiger partial charge in [-0.15, -0.1) is 10.2 Å². The molecule has 6 atom stereocenters. The molecular weight excluding hydrogens is 624 g/mol. The average Bonchev–Trinajstić information content (AvgIpc) is 3.57. The lowest BCUT2D eigenvalue weighted by molar-refractivity contribution is -0.333. The predicted octanol–water partition coefficient (Wildman–Crippen LogP) is -2.76. The fourth-order valence-electron chi connectivity index (χ4n) is 4.43. The summed E-state index contributed by atoms with van der Waals surface area (Å²) in [7, 11) is 0. The molecule has 0 radical (unpaired) electrons. The highest BCUT2D eigenvalue weighted by Crippen LogP contribution is 2.38. The highest BCUT2D eigenvalue weighted by molar-refractivity contribution is 6.30. The first-order chi connectivity index (χ1) is 21.5. The van der Waals surface area contributed by atoms with Crippen molar-refractivity contribution >= 4 is 29.4 Å². The first-order valence-corrected chi connectivity index (χ1v) is 14.3. The van der Waals surface area contributed by atoms with Crippen LogP contribution in [0.2, 0.25) is 5.02 Å². The fourth-order valence-corrected chi connectivity index (χ4v) is 4.56. The lowest BCUT2D eigenvalue weighted by Gasteiger charge is -2.47. The van der Waals surface area contributed by atoms with E-state index in [0.717, 1.165) is 0 Å². The number of amides is 2. The van der Waals surface area contributed by atoms with Gasteiger partial charge >= 0.3 is 5.97 Å². The van der Waals surface area contributed by atoms with Crippen LogP contribution in [0.1, 0.15) is 24.2 Å². The molecule has 0 aliphatic carbocycles. The zero-order chi connectivity index (χ0) is 32.8. The molecule has 1 aliphatic heterocycles. The smallest absolute Gasteiger partial charge is 0.305 e. The lowest BCUT2D eigenvalue weighted by Crippen LogP contribution is -2.66. The third kappa shape index (κ3) is 11.2. The van der Waals surface area contributed by atoms with Crippen molar-refractivity contribution in [2.75, 3.05) is 46.2 Å². The van der Waals surface area contributed by atoms with Crippen LogP contribution in [0.5, 0.6) is 0 Å². The highest BCUT2D eigenvalue weighted by Gasteiger charge is 2.54. The molecule has 19 heteroatoms. The van der Waals surface area contributed by atoms with Gasteiger partial charge in [-0.2, -0.15) is 5.21 Å². The number of carbonyl (C=O) groups is 3. The summed E-state index contributed by atoms with van der Waals surface area (Å²) in [6, 6.07) is 5.23. The largest absolute Gasteiger partial charge is 0.481 e. The Balaban J connectivity index is 1.67. The van der Waals surface area contributed by atoms with E-state index in [1.807, 2.05) is 0 Å². The number of carbonyl (C=O) groups excluding carboxylic acids is 2. The molecule has 2 aromatic rings. The molecule has 1 aliphatic rings. The van der Waals surface area contributed by atoms with E-state index in [9.17, 15) is 34.8 Å². The molecule has 18 nitrogen and oxygen atoms in total. The summed E-state index contributed by atoms with van der Waals surface area (Å²) in [6.45, 7) is -1.25. The minimum atomic E-state index is -1.95. The number of aliphatic carboxylic acids is 1. The van der Waals surface area contributed by atoms with Gasteiger partial charge < -0.3 is 55.1 Å². The van der Waals surface area contributed by atoms with Gasteiger partial charge in [-0.1, -0.05) is 23.7 Å². The molecule has 2 heterocycles. The fraction of sp³-hybridized carbons (Fsp3) is 0.615. The molecule has 8 N–H and O–H groups in total. The number of nitrogens with one attached hydrogen (secondary N) is 3. The number of ether oxygens (including phenoxy) is 4. The maximum absolute atomic E-state index is 12.4. The van der Waals surface area contributed by atoms with Gasteiger partial charge in [0.25, 0.3) is 0 Å². The Kier molecular flexibility index (Phi) is 14.4. The number of H-pyrrole nitrogens is 1. The first-order valence-electron chi connectivity index (χ1n) is 13.9. The first kappa shape index (κ1) is 36.1. The maximum atomic E-state index is 12.4. The van der Waals surface area contributed by atoms with Crippen LogP contribution in [0.25, 0.3) is 0 Å². The molecule has 2 amide bonds. The van der Waals surface area contributed by atoms with Crippen molar-refractivity contribution in [1.29, 1.82) is 0 Å². The van der Waals surface area contributed by atoms with Gasteiger partial charge in [0, 0.05) is 18.0 Å². The molecule has 1 aromatic carbocycles. The Hall–Kier alpha value is -3.33. The number of aliphatic hydroxyl groups is 4. The summed E-state index contributed by atoms with van der Waals surface area (Å²) in [5, 5.41) is 69.9. The standard InChI is InChI=1S/C26H37ClN6O12/c27-16-3-1-15(2-4-16)11-19(37)28-13-18(36)23(41)24-22(29-20(38)14-34)17(35)12-26(45-24,25-30-32-33-31-25)44-10-9-43-8-7-42-6-5-21(39)40/h1-4,17-18,22-24,34-36,41H,5-14H2,(H,28,37)(H,29,38)(H,39,40)(H,30,31,32,33)/t17-,18+,22+,23+,24+,26+/m0/s1. The van der Waals surface area contributed by atoms with Crippen molar-refractivity contribution < 1.29 is 58.9 Å². The molecule has 0 unspecified atom stereocenters. The minimum Gasteiger partial charge on any atom is -0.481 e. The van der Waals surface area contributed by atoms with Crippen molar-refractivity contribution in [2.45, 2.75) is 55.5 Å². The van der Waals surface area contributed by atoms with Gasteiger partial charge in [0.1, 0.15) is 18.8 Å². The summed E-state index contributed by atoms with van der Waals surface area (Å²) in [5.41, 5.74) is 0.661. The summed E-state index contributed by atoms with van der Waals surface area (Å²) in [4.78, 5) is 35.1. The number of aliphatic hydroxyl groups excluding tert-OH is 4. The summed E-state index contributed by atoms with van der Waals surface area (Å²) in [6.07, 6.45) is -7.09. The van der Waals surface area contributed by atoms with E-state index >= 15 is 0 Å². The molecule has 1 saturated heterocycles. The molecule has 0 saturated carbocycles. The van der Waals surface area contributed by atoms with Crippen LogP contribution in [0, 0.1) is 0 Å². The molecular formula is C26H37ClN6O12. The van der Waals surface area contributed by atoms with Gasteiger partial charge in [-0.25, -0.2) is 0 Å². The second kappa shape index (κ2) is 18.0. The van der Waals surface area contributed by atoms with Crippen LogP contribution in [0.3, 0.4) is 0 Å². The Morgan fingerprint density at radius 2 is 1.78 bits per heavy atom. The van der Waals surface area contributed by atoms with Crippen LogP contribution in [0.15, 0.2) is 24.3 Å². The normalized spacial score (nSPS) is 22.8. The molecule has 0 spiro atoms. The van der Waals surface area contributed by atoms with Gasteiger partial charge in [0.2, 0.25) is 23.4 Å². The van der Waals surface area contributed by atoms with Gasteiger partial charge in [0.15, 0.2) is 0 Å². The number of carboxylic acids is 1. The Labute approximate surface area is 262 Å². The SMILES string of the molecule is O=C(O)CCOCCOCCO[C@]1(c2nn[nH]n2)C[C@H](O)[C@@H](NC(=O)CO)[C@H]([C@H](O)[C@H](O)CNC(=O)Cc2ccc(Cl)cc2)O1. The van der Waals surface area contributed by atoms with Crippen LogP contribution in [-0.4, -0.2) is 141 Å². The topological polar surface area (TPSA) is 268 Å². The zero-order valence-corrected chi connectivity index (χ0v) is 24.8. The molecule has 0 bridgehead atoms. The van der Waals surface area contributed by atoms with Crippen LogP contribution < -0.4 is 10.6 Å². The van der Waals surface area contributed by atoms with E-state index in [1.165, 1.54) is 0 Å². The molecule has 1 fully saturated rings. The number of aromatic amines is 1. The maximum Gasteiger partial charge on any atom is 0.305 e. The predicted molar refractivity (Wildman–Crippen MR) is 150 cm³/mol. The van der Waals surface area contributed by atoms with Gasteiger partial charge in [-0.05, 0) is 22.9 Å². The number of rotatable bonds is 19. The quantitative estimate of drug-likeness (QED) is 0.0709. The second-order valence-electron chi connectivity index (χ2n) is 9.98. The Morgan fingerprint density at radius 3 is 2.42 bits per heavy atom. The zero-order valence-electron chi connectivity index (χ0n) is 24.1. The van der Waals surface area contributed by atoms with E-state index in [4.69, 9.17) is 35.7 Å². The van der Waals surface area contributed by atoms with E-state index in [-0.39, 0.29) is 58.1 Å². The van der Waals surface area contributed by atoms with E-state index in [1.54, 1.807) is 24.3 Å². The third-order valence-electron chi connectivity index (χ3n) is 6.64. The van der Waals surface area contributed by atoms with Crippen LogP contribution >= 0.6 is 11.6 Å². The van der Waals surface area contributed by atoms with Crippen molar-refractivity contribution in [3.63, 3.8) is 0 Å². The van der Waals surface area contributed by atoms with E-state index in [0.29, 0.717) is 10.6 Å². The number of nitrogens with zero attached hydrogens (tertiary/aromatic N) is 3. The highest BCUT2D eigenvalue weighted by atomic mass is 35.5. The average molecular weight is 661 g/mol. The third-order valence-corrected chi connectivity index (χ3v) is 6.89. The van der Waals surface area contributed by atoms with Crippen LogP contribution in [-0.2, 0) is 45.5 Å². The molecule has 3 rings (SSSR count). The number of halogens is 1. The number of benzene rings is 1. The number of hydrogen-bond donors (Lipinski definition) is 8. The molecule has 1 aromatic heterocycles. The van der Waals surface area contributed by atoms with Crippen molar-refractivity contribution in [3.8, 4) is 0 Å². The number of hydrogen-bond acceptors (Lipinski definition) is 14. The number of carboxylic acid groups (broad SMARTS) is 1. The van der Waals surface area contributed by atoms with Gasteiger partial charge in [-0.3, -0.25) is 14.4 Å². The summed E-state index contributed by atoms with van der Waals surface area (Å²) < 4.78 is 22.6. The molecule has 45 heavy (non-hydrogen) atoms. The van der Waals surface area contributed by atoms with Crippen molar-refractivity contribution in [2.24, 2.45) is 0 Å². The lowest BCUT2D eigenvalue weighted by atomic mass is 9.88. The second-order valence-corrected chi connectivity index (χ2v) is 10.4. The summed E-state index contributed by atoms with van der Waals surface area (Å²) >= 11 is 5.87. The summed E-state index contributed by atoms with van der Waals surface area (Å²) in [5.74, 6) is -4.46. The minimum absolute atomic E-state index is 0.0124. The van der Waals surface area contributed by atoms with Crippen molar-refractivity contribution in [1.82, 2.24) is 31.3 Å². The van der Waals surface area contributed by atoms with E-state index in [2.05, 4.69) is 31.3 Å². The van der Waals surface area contributed by atoms with Gasteiger partial charge in [0.05, 0.1) is 64.1 Å². The monoisotopic (exact) mass is 660 g/mol. The Morgan fingerprint density at radius 1 is 1.09 bits per heavy atom. The van der Waals surface area contributed by atoms with Crippen LogP contribution in [0.4, 0.5) is 0 Å². The Bertz CT molecular complexity index is 1210. The van der Waals surface area contributed by atoms with Crippen molar-refractivity contribution in [3.05, 3.63) is 40.7 Å².